The Bertz CT molecular complexity index is 897. The van der Waals surface area contributed by atoms with Gasteiger partial charge in [0.05, 0.1) is 6.04 Å². The van der Waals surface area contributed by atoms with Gasteiger partial charge >= 0.3 is 11.5 Å². The first-order valence-electron chi connectivity index (χ1n) is 9.92. The lowest BCUT2D eigenvalue weighted by molar-refractivity contribution is -0.161. The molecule has 8 nitrogen and oxygen atoms in total. The summed E-state index contributed by atoms with van der Waals surface area (Å²) >= 11 is 5.70. The number of nitrogens with one attached hydrogen (secondary N) is 1. The van der Waals surface area contributed by atoms with E-state index in [9.17, 15) is 19.5 Å². The molecule has 2 aromatic carbocycles. The van der Waals surface area contributed by atoms with Crippen LogP contribution in [0.3, 0.4) is 0 Å². The number of hydrogen-bond donors (Lipinski definition) is 2. The summed E-state index contributed by atoms with van der Waals surface area (Å²) in [6.45, 7) is 0.343. The Labute approximate surface area is 185 Å². The van der Waals surface area contributed by atoms with Crippen molar-refractivity contribution in [3.8, 4) is 0 Å². The van der Waals surface area contributed by atoms with Gasteiger partial charge in [0.15, 0.2) is 0 Å². The number of carbonyl (C=O) groups excluding carboxylic acids is 2. The zero-order valence-corrected chi connectivity index (χ0v) is 17.6. The van der Waals surface area contributed by atoms with E-state index in [0.29, 0.717) is 13.0 Å². The first-order chi connectivity index (χ1) is 15.0. The van der Waals surface area contributed by atoms with E-state index in [1.54, 1.807) is 0 Å². The molecule has 9 heteroatoms. The molecule has 0 aromatic heterocycles. The Hall–Kier alpha value is -3.10. The van der Waals surface area contributed by atoms with Gasteiger partial charge in [0.1, 0.15) is 12.6 Å². The fraction of sp³-hybridized carbons (Fsp3) is 0.318. The Kier molecular flexibility index (Phi) is 7.86. The zero-order chi connectivity index (χ0) is 22.2. The largest absolute Gasteiger partial charge is 0.465 e. The van der Waals surface area contributed by atoms with Gasteiger partial charge in [-0.25, -0.2) is 9.86 Å². The minimum atomic E-state index is -1.24. The van der Waals surface area contributed by atoms with Gasteiger partial charge in [-0.15, -0.1) is 0 Å². The number of amides is 3. The minimum Gasteiger partial charge on any atom is -0.465 e. The lowest BCUT2D eigenvalue weighted by Crippen LogP contribution is -2.58. The molecule has 1 heterocycles. The van der Waals surface area contributed by atoms with Crippen LogP contribution in [0.4, 0.5) is 9.59 Å². The molecule has 2 aromatic rings. The number of carboxylic acid groups (broad SMARTS) is 1. The molecule has 1 saturated heterocycles. The molecule has 31 heavy (non-hydrogen) atoms. The van der Waals surface area contributed by atoms with Crippen LogP contribution in [0, 0.1) is 0 Å². The molecule has 3 amide bonds. The second-order valence-electron chi connectivity index (χ2n) is 7.22. The maximum atomic E-state index is 12.7. The predicted molar refractivity (Wildman–Crippen MR) is 114 cm³/mol. The van der Waals surface area contributed by atoms with E-state index in [0.717, 1.165) is 21.1 Å². The van der Waals surface area contributed by atoms with Crippen molar-refractivity contribution in [3.05, 3.63) is 71.8 Å². The second-order valence-corrected chi connectivity index (χ2v) is 7.55. The van der Waals surface area contributed by atoms with Crippen molar-refractivity contribution in [2.75, 3.05) is 6.54 Å². The summed E-state index contributed by atoms with van der Waals surface area (Å²) in [7, 11) is 0. The third-order valence-electron chi connectivity index (χ3n) is 5.13. The van der Waals surface area contributed by atoms with Gasteiger partial charge < -0.3 is 10.4 Å². The number of hydroxylamine groups is 2. The lowest BCUT2D eigenvalue weighted by Gasteiger charge is -2.40. The van der Waals surface area contributed by atoms with E-state index in [-0.39, 0.29) is 25.5 Å². The Morgan fingerprint density at radius 2 is 1.65 bits per heavy atom. The molecule has 1 aliphatic heterocycles. The molecular formula is C22H24ClN3O5. The fourth-order valence-electron chi connectivity index (χ4n) is 3.55. The van der Waals surface area contributed by atoms with Crippen LogP contribution in [0.2, 0.25) is 0 Å². The van der Waals surface area contributed by atoms with Crippen LogP contribution in [0.1, 0.15) is 24.0 Å². The number of piperidine rings is 1. The average Bonchev–Trinajstić information content (AvgIpc) is 2.78. The Morgan fingerprint density at radius 1 is 1.03 bits per heavy atom. The van der Waals surface area contributed by atoms with Gasteiger partial charge in [0, 0.05) is 13.1 Å². The minimum absolute atomic E-state index is 0.0774. The van der Waals surface area contributed by atoms with Crippen molar-refractivity contribution in [2.45, 2.75) is 38.1 Å². The molecule has 0 saturated carbocycles. The normalized spacial score (nSPS) is 18.3. The summed E-state index contributed by atoms with van der Waals surface area (Å²) in [6.07, 6.45) is -0.623. The van der Waals surface area contributed by atoms with Crippen LogP contribution < -0.4 is 5.32 Å². The van der Waals surface area contributed by atoms with E-state index in [1.807, 2.05) is 60.7 Å². The van der Waals surface area contributed by atoms with Gasteiger partial charge in [-0.1, -0.05) is 60.7 Å². The highest BCUT2D eigenvalue weighted by molar-refractivity contribution is 6.62. The molecule has 0 aliphatic carbocycles. The summed E-state index contributed by atoms with van der Waals surface area (Å²) in [5.41, 5.74) is 1.76. The molecule has 3 rings (SSSR count). The van der Waals surface area contributed by atoms with E-state index >= 15 is 0 Å². The molecule has 0 radical (unpaired) electrons. The first-order valence-corrected chi connectivity index (χ1v) is 10.3. The topological polar surface area (TPSA) is 99.2 Å². The van der Waals surface area contributed by atoms with Crippen LogP contribution in [0.5, 0.6) is 0 Å². The predicted octanol–water partition coefficient (Wildman–Crippen LogP) is 3.61. The van der Waals surface area contributed by atoms with Crippen molar-refractivity contribution in [2.24, 2.45) is 0 Å². The number of likely N-dealkylation sites (tertiary alicyclic amines) is 1. The van der Waals surface area contributed by atoms with Crippen molar-refractivity contribution >= 4 is 29.0 Å². The highest BCUT2D eigenvalue weighted by Gasteiger charge is 2.39. The third kappa shape index (κ3) is 6.19. The van der Waals surface area contributed by atoms with Crippen LogP contribution in [0.15, 0.2) is 60.7 Å². The molecule has 1 aliphatic rings. The number of carbonyl (C=O) groups is 3. The monoisotopic (exact) mass is 445 g/mol. The fourth-order valence-corrected chi connectivity index (χ4v) is 3.73. The summed E-state index contributed by atoms with van der Waals surface area (Å²) in [6, 6.07) is 17.1. The molecule has 2 atom stereocenters. The molecule has 164 valence electrons. The number of nitrogens with zero attached hydrogens (tertiary/aromatic N) is 2. The quantitative estimate of drug-likeness (QED) is 0.385. The van der Waals surface area contributed by atoms with Crippen molar-refractivity contribution < 1.29 is 24.3 Å². The van der Waals surface area contributed by atoms with Crippen molar-refractivity contribution in [1.29, 1.82) is 0 Å². The van der Waals surface area contributed by atoms with Crippen LogP contribution in [-0.4, -0.2) is 51.1 Å². The average molecular weight is 446 g/mol. The van der Waals surface area contributed by atoms with Gasteiger partial charge in [-0.05, 0) is 35.6 Å². The summed E-state index contributed by atoms with van der Waals surface area (Å²) < 4.78 is 0. The van der Waals surface area contributed by atoms with Crippen molar-refractivity contribution in [3.63, 3.8) is 0 Å². The highest BCUT2D eigenvalue weighted by Crippen LogP contribution is 2.24. The molecule has 0 bridgehead atoms. The standard InChI is InChI=1S/C22H24ClN3O5/c23-21(28)26(31-15-17-9-5-2-6-10-17)18-11-12-19(25(14-18)22(29)30)20(27)24-13-16-7-3-1-4-8-16/h1-10,18-19H,11-15H2,(H,24,27)(H,29,30)/t18-,19+/m1/s1. The van der Waals surface area contributed by atoms with Gasteiger partial charge in [-0.3, -0.25) is 19.3 Å². The molecule has 2 N–H and O–H groups in total. The number of hydrogen-bond acceptors (Lipinski definition) is 4. The number of rotatable bonds is 7. The van der Waals surface area contributed by atoms with Crippen LogP contribution >= 0.6 is 11.6 Å². The smallest absolute Gasteiger partial charge is 0.408 e. The summed E-state index contributed by atoms with van der Waals surface area (Å²) in [4.78, 5) is 43.0. The molecule has 0 spiro atoms. The number of benzene rings is 2. The van der Waals surface area contributed by atoms with E-state index in [1.165, 1.54) is 0 Å². The third-order valence-corrected chi connectivity index (χ3v) is 5.30. The lowest BCUT2D eigenvalue weighted by atomic mass is 9.97. The number of halogens is 1. The molecular weight excluding hydrogens is 422 g/mol. The van der Waals surface area contributed by atoms with E-state index in [2.05, 4.69) is 5.32 Å². The van der Waals surface area contributed by atoms with Crippen LogP contribution in [0.25, 0.3) is 0 Å². The van der Waals surface area contributed by atoms with E-state index < -0.39 is 23.5 Å². The zero-order valence-electron chi connectivity index (χ0n) is 16.8. The van der Waals surface area contributed by atoms with Gasteiger partial charge in [-0.2, -0.15) is 0 Å². The van der Waals surface area contributed by atoms with Crippen molar-refractivity contribution in [1.82, 2.24) is 15.3 Å². The summed E-state index contributed by atoms with van der Waals surface area (Å²) in [5, 5.41) is 12.6. The van der Waals surface area contributed by atoms with Gasteiger partial charge in [0.2, 0.25) is 5.91 Å². The van der Waals surface area contributed by atoms with Gasteiger partial charge in [0.25, 0.3) is 0 Å². The SMILES string of the molecule is O=C(NCc1ccccc1)[C@@H]1CC[C@@H](N(OCc2ccccc2)C(=O)Cl)CN1C(=O)O. The molecule has 0 unspecified atom stereocenters. The maximum absolute atomic E-state index is 12.7. The van der Waals surface area contributed by atoms with Crippen LogP contribution in [-0.2, 0) is 22.8 Å². The summed E-state index contributed by atoms with van der Waals surface area (Å²) in [5.74, 6) is -0.376. The van der Waals surface area contributed by atoms with E-state index in [4.69, 9.17) is 16.4 Å². The second kappa shape index (κ2) is 10.8. The Morgan fingerprint density at radius 3 is 2.23 bits per heavy atom. The first kappa shape index (κ1) is 22.6. The highest BCUT2D eigenvalue weighted by atomic mass is 35.5. The Balaban J connectivity index is 1.62. The maximum Gasteiger partial charge on any atom is 0.408 e. The molecule has 1 fully saturated rings.